The van der Waals surface area contributed by atoms with E-state index in [4.69, 9.17) is 0 Å². The van der Waals surface area contributed by atoms with Crippen LogP contribution in [-0.2, 0) is 0 Å². The minimum absolute atomic E-state index is 0. The van der Waals surface area contributed by atoms with Crippen molar-refractivity contribution in [1.29, 1.82) is 0 Å². The van der Waals surface area contributed by atoms with E-state index < -0.39 is 24.4 Å². The lowest BCUT2D eigenvalue weighted by Gasteiger charge is -2.25. The van der Waals surface area contributed by atoms with E-state index in [1.807, 2.05) is 6.92 Å². The van der Waals surface area contributed by atoms with Crippen LogP contribution >= 0.6 is 12.4 Å². The highest BCUT2D eigenvalue weighted by Gasteiger charge is 2.37. The first-order valence-corrected chi connectivity index (χ1v) is 4.53. The summed E-state index contributed by atoms with van der Waals surface area (Å²) >= 11 is 0. The van der Waals surface area contributed by atoms with Gasteiger partial charge in [-0.3, -0.25) is 0 Å². The molecule has 0 aromatic heterocycles. The summed E-state index contributed by atoms with van der Waals surface area (Å²) in [5, 5.41) is 40.4. The van der Waals surface area contributed by atoms with Crippen molar-refractivity contribution in [2.24, 2.45) is 0 Å². The smallest absolute Gasteiger partial charge is 0.110 e. The van der Waals surface area contributed by atoms with Crippen LogP contribution in [0.1, 0.15) is 13.3 Å². The molecule has 0 radical (unpaired) electrons. The summed E-state index contributed by atoms with van der Waals surface area (Å²) in [7, 11) is 0. The van der Waals surface area contributed by atoms with Gasteiger partial charge in [-0.25, -0.2) is 0 Å². The summed E-state index contributed by atoms with van der Waals surface area (Å²) in [6, 6.07) is -0.276. The standard InChI is InChI=1S/C8H17NO4.ClH/c1-2-4-6(11)8(13)7(12)5(10)3-9-4;/h4-13H,2-3H2,1H3;1H/t4-,5-,6+,7-,8-;/m1./s1. The lowest BCUT2D eigenvalue weighted by Crippen LogP contribution is -2.47. The van der Waals surface area contributed by atoms with Crippen LogP contribution in [0, 0.1) is 0 Å². The summed E-state index contributed by atoms with van der Waals surface area (Å²) in [5.74, 6) is 0. The number of rotatable bonds is 1. The van der Waals surface area contributed by atoms with Crippen LogP contribution in [0.4, 0.5) is 0 Å². The zero-order valence-corrected chi connectivity index (χ0v) is 8.81. The van der Waals surface area contributed by atoms with Gasteiger partial charge in [-0.2, -0.15) is 0 Å². The fourth-order valence-corrected chi connectivity index (χ4v) is 1.57. The summed E-state index contributed by atoms with van der Waals surface area (Å²) in [6.45, 7) is 2.05. The molecular formula is C8H18ClNO4. The Bertz CT molecular complexity index is 169. The highest BCUT2D eigenvalue weighted by molar-refractivity contribution is 5.85. The average Bonchev–Trinajstić information content (AvgIpc) is 2.22. The van der Waals surface area contributed by atoms with Crippen molar-refractivity contribution in [1.82, 2.24) is 5.32 Å². The molecule has 1 heterocycles. The van der Waals surface area contributed by atoms with Gasteiger partial charge in [0, 0.05) is 12.6 Å². The molecule has 1 fully saturated rings. The van der Waals surface area contributed by atoms with E-state index in [0.717, 1.165) is 0 Å². The second-order valence-corrected chi connectivity index (χ2v) is 3.46. The third-order valence-corrected chi connectivity index (χ3v) is 2.54. The van der Waals surface area contributed by atoms with Crippen molar-refractivity contribution in [3.8, 4) is 0 Å². The van der Waals surface area contributed by atoms with Crippen molar-refractivity contribution < 1.29 is 20.4 Å². The summed E-state index contributed by atoms with van der Waals surface area (Å²) in [4.78, 5) is 0. The molecule has 0 spiro atoms. The lowest BCUT2D eigenvalue weighted by atomic mass is 10.00. The number of aliphatic hydroxyl groups excluding tert-OH is 4. The topological polar surface area (TPSA) is 93.0 Å². The second kappa shape index (κ2) is 5.85. The zero-order chi connectivity index (χ0) is 10.0. The Morgan fingerprint density at radius 1 is 1.07 bits per heavy atom. The van der Waals surface area contributed by atoms with Gasteiger partial charge in [-0.1, -0.05) is 6.92 Å². The first-order chi connectivity index (χ1) is 6.07. The Balaban J connectivity index is 0.00000169. The van der Waals surface area contributed by atoms with E-state index >= 15 is 0 Å². The zero-order valence-electron chi connectivity index (χ0n) is 8.00. The Morgan fingerprint density at radius 3 is 2.14 bits per heavy atom. The molecule has 0 aliphatic carbocycles. The van der Waals surface area contributed by atoms with Crippen molar-refractivity contribution in [3.63, 3.8) is 0 Å². The molecule has 86 valence electrons. The van der Waals surface area contributed by atoms with Gasteiger partial charge in [-0.15, -0.1) is 12.4 Å². The van der Waals surface area contributed by atoms with Crippen LogP contribution in [0.5, 0.6) is 0 Å². The molecule has 0 bridgehead atoms. The molecule has 1 aliphatic rings. The van der Waals surface area contributed by atoms with Gasteiger partial charge in [0.15, 0.2) is 0 Å². The van der Waals surface area contributed by atoms with Gasteiger partial charge in [-0.05, 0) is 6.42 Å². The van der Waals surface area contributed by atoms with Crippen molar-refractivity contribution >= 4 is 12.4 Å². The van der Waals surface area contributed by atoms with Crippen LogP contribution in [0.15, 0.2) is 0 Å². The molecule has 5 atom stereocenters. The number of nitrogens with one attached hydrogen (secondary N) is 1. The maximum atomic E-state index is 9.52. The largest absolute Gasteiger partial charge is 0.389 e. The predicted octanol–water partition coefficient (Wildman–Crippen LogP) is -1.77. The van der Waals surface area contributed by atoms with E-state index in [2.05, 4.69) is 5.32 Å². The van der Waals surface area contributed by atoms with E-state index in [0.29, 0.717) is 6.42 Å². The van der Waals surface area contributed by atoms with Crippen LogP contribution in [0.2, 0.25) is 0 Å². The van der Waals surface area contributed by atoms with Crippen LogP contribution in [-0.4, -0.2) is 57.4 Å². The Kier molecular flexibility index (Phi) is 5.88. The minimum Gasteiger partial charge on any atom is -0.389 e. The van der Waals surface area contributed by atoms with E-state index in [1.165, 1.54) is 0 Å². The fraction of sp³-hybridized carbons (Fsp3) is 1.00. The van der Waals surface area contributed by atoms with Crippen molar-refractivity contribution in [3.05, 3.63) is 0 Å². The third kappa shape index (κ3) is 2.79. The molecule has 5 nitrogen and oxygen atoms in total. The molecule has 1 rings (SSSR count). The Morgan fingerprint density at radius 2 is 1.64 bits per heavy atom. The monoisotopic (exact) mass is 227 g/mol. The van der Waals surface area contributed by atoms with Gasteiger partial charge in [0.05, 0.1) is 12.2 Å². The van der Waals surface area contributed by atoms with Crippen molar-refractivity contribution in [2.45, 2.75) is 43.8 Å². The molecule has 14 heavy (non-hydrogen) atoms. The number of hydrogen-bond donors (Lipinski definition) is 5. The number of aliphatic hydroxyl groups is 4. The Labute approximate surface area is 89.2 Å². The lowest BCUT2D eigenvalue weighted by molar-refractivity contribution is -0.0957. The molecule has 0 aromatic rings. The van der Waals surface area contributed by atoms with E-state index in [-0.39, 0.29) is 25.0 Å². The number of β-amino-alcohol motifs (C(OH)–C–C–N with tert-alkyl or cyclic N) is 1. The average molecular weight is 228 g/mol. The molecule has 1 aliphatic heterocycles. The van der Waals surface area contributed by atoms with Crippen LogP contribution < -0.4 is 5.32 Å². The highest BCUT2D eigenvalue weighted by atomic mass is 35.5. The van der Waals surface area contributed by atoms with E-state index in [9.17, 15) is 20.4 Å². The van der Waals surface area contributed by atoms with Crippen molar-refractivity contribution in [2.75, 3.05) is 6.54 Å². The maximum absolute atomic E-state index is 9.52. The minimum atomic E-state index is -1.28. The SMILES string of the molecule is CC[C@H]1NC[C@@H](O)[C@@H](O)[C@H](O)[C@H]1O.Cl. The number of hydrogen-bond acceptors (Lipinski definition) is 5. The van der Waals surface area contributed by atoms with Crippen LogP contribution in [0.3, 0.4) is 0 Å². The molecular weight excluding hydrogens is 210 g/mol. The quantitative estimate of drug-likeness (QED) is 0.366. The molecule has 0 amide bonds. The molecule has 6 heteroatoms. The fourth-order valence-electron chi connectivity index (χ4n) is 1.57. The second-order valence-electron chi connectivity index (χ2n) is 3.46. The first kappa shape index (κ1) is 14.1. The van der Waals surface area contributed by atoms with Gasteiger partial charge in [0.2, 0.25) is 0 Å². The highest BCUT2D eigenvalue weighted by Crippen LogP contribution is 2.14. The van der Waals surface area contributed by atoms with Gasteiger partial charge in [0.25, 0.3) is 0 Å². The molecule has 0 saturated carbocycles. The molecule has 0 unspecified atom stereocenters. The van der Waals surface area contributed by atoms with Crippen LogP contribution in [0.25, 0.3) is 0 Å². The third-order valence-electron chi connectivity index (χ3n) is 2.54. The van der Waals surface area contributed by atoms with E-state index in [1.54, 1.807) is 0 Å². The summed E-state index contributed by atoms with van der Waals surface area (Å²) in [6.07, 6.45) is -3.98. The van der Waals surface area contributed by atoms with Gasteiger partial charge >= 0.3 is 0 Å². The maximum Gasteiger partial charge on any atom is 0.110 e. The molecule has 5 N–H and O–H groups in total. The normalized spacial score (nSPS) is 43.9. The summed E-state index contributed by atoms with van der Waals surface area (Å²) in [5.41, 5.74) is 0. The Hall–Kier alpha value is 0.0900. The summed E-state index contributed by atoms with van der Waals surface area (Å²) < 4.78 is 0. The van der Waals surface area contributed by atoms with Gasteiger partial charge < -0.3 is 25.7 Å². The first-order valence-electron chi connectivity index (χ1n) is 4.53. The predicted molar refractivity (Wildman–Crippen MR) is 53.4 cm³/mol. The number of halogens is 1. The molecule has 0 aromatic carbocycles. The molecule has 1 saturated heterocycles. The van der Waals surface area contributed by atoms with Gasteiger partial charge in [0.1, 0.15) is 12.2 Å².